The average molecular weight is 583 g/mol. The molecule has 0 fully saturated rings. The highest BCUT2D eigenvalue weighted by Gasteiger charge is 2.30. The van der Waals surface area contributed by atoms with Crippen molar-refractivity contribution in [3.63, 3.8) is 0 Å². The summed E-state index contributed by atoms with van der Waals surface area (Å²) in [6.45, 7) is -0.409. The number of aliphatic hydroxyl groups excluding tert-OH is 1. The molecule has 0 aliphatic rings. The molecule has 0 radical (unpaired) electrons. The number of aliphatic carboxylic acids is 1. The van der Waals surface area contributed by atoms with Crippen LogP contribution in [0.1, 0.15) is 30.4 Å². The minimum Gasteiger partial charge on any atom is -0.508 e. The molecule has 4 unspecified atom stereocenters. The molecule has 0 spiro atoms. The van der Waals surface area contributed by atoms with E-state index in [1.165, 1.54) is 12.1 Å². The molecule has 0 aliphatic heterocycles. The highest BCUT2D eigenvalue weighted by molar-refractivity contribution is 5.94. The molecule has 13 heteroatoms. The van der Waals surface area contributed by atoms with Gasteiger partial charge in [-0.2, -0.15) is 0 Å². The largest absolute Gasteiger partial charge is 0.508 e. The van der Waals surface area contributed by atoms with E-state index in [0.717, 1.165) is 10.9 Å². The van der Waals surface area contributed by atoms with Gasteiger partial charge in [-0.3, -0.25) is 14.4 Å². The molecule has 2 aromatic carbocycles. The summed E-state index contributed by atoms with van der Waals surface area (Å²) in [6, 6.07) is 8.60. The van der Waals surface area contributed by atoms with Crippen LogP contribution >= 0.6 is 0 Å². The van der Waals surface area contributed by atoms with E-state index in [4.69, 9.17) is 11.5 Å². The Morgan fingerprint density at radius 3 is 2.14 bits per heavy atom. The Balaban J connectivity index is 1.66. The normalized spacial score (nSPS) is 14.0. The van der Waals surface area contributed by atoms with Gasteiger partial charge in [0.15, 0.2) is 0 Å². The van der Waals surface area contributed by atoms with Gasteiger partial charge < -0.3 is 47.7 Å². The molecule has 11 N–H and O–H groups in total. The predicted molar refractivity (Wildman–Crippen MR) is 155 cm³/mol. The number of para-hydroxylation sites is 1. The van der Waals surface area contributed by atoms with E-state index in [9.17, 15) is 34.5 Å². The van der Waals surface area contributed by atoms with Crippen molar-refractivity contribution in [1.29, 1.82) is 0 Å². The number of aromatic hydroxyl groups is 1. The second kappa shape index (κ2) is 15.5. The molecule has 4 atom stereocenters. The highest BCUT2D eigenvalue weighted by atomic mass is 16.4. The minimum atomic E-state index is -1.41. The number of aliphatic hydroxyl groups is 1. The number of carbonyl (C=O) groups is 4. The maximum atomic E-state index is 13.2. The number of carboxylic acid groups (broad SMARTS) is 1. The third-order valence-corrected chi connectivity index (χ3v) is 6.84. The number of amides is 3. The maximum Gasteiger partial charge on any atom is 0.326 e. The Morgan fingerprint density at radius 2 is 1.48 bits per heavy atom. The van der Waals surface area contributed by atoms with Crippen LogP contribution in [0.25, 0.3) is 10.9 Å². The van der Waals surface area contributed by atoms with E-state index in [2.05, 4.69) is 20.9 Å². The van der Waals surface area contributed by atoms with E-state index in [1.807, 2.05) is 24.3 Å². The smallest absolute Gasteiger partial charge is 0.326 e. The average Bonchev–Trinajstić information content (AvgIpc) is 3.38. The number of aromatic amines is 1. The van der Waals surface area contributed by atoms with Gasteiger partial charge >= 0.3 is 5.97 Å². The van der Waals surface area contributed by atoms with Crippen LogP contribution < -0.4 is 27.4 Å². The van der Waals surface area contributed by atoms with Crippen molar-refractivity contribution in [2.75, 3.05) is 13.2 Å². The maximum absolute atomic E-state index is 13.2. The molecule has 0 aliphatic carbocycles. The lowest BCUT2D eigenvalue weighted by Gasteiger charge is -2.24. The van der Waals surface area contributed by atoms with Gasteiger partial charge in [0.2, 0.25) is 17.7 Å². The first-order valence-corrected chi connectivity index (χ1v) is 13.7. The number of benzene rings is 2. The van der Waals surface area contributed by atoms with Crippen LogP contribution in [0.4, 0.5) is 0 Å². The second-order valence-corrected chi connectivity index (χ2v) is 10.0. The summed E-state index contributed by atoms with van der Waals surface area (Å²) < 4.78 is 0. The van der Waals surface area contributed by atoms with Crippen LogP contribution in [0, 0.1) is 0 Å². The van der Waals surface area contributed by atoms with E-state index >= 15 is 0 Å². The SMILES string of the molecule is NCCCCC(NC(=O)C(CO)NC(=O)C(N)Cc1ccc(O)cc1)C(=O)NC(Cc1c[nH]c2ccccc12)C(=O)O. The van der Waals surface area contributed by atoms with Crippen LogP contribution in [0.5, 0.6) is 5.75 Å². The van der Waals surface area contributed by atoms with E-state index < -0.39 is 54.5 Å². The third kappa shape index (κ3) is 9.03. The van der Waals surface area contributed by atoms with Crippen LogP contribution in [0.3, 0.4) is 0 Å². The van der Waals surface area contributed by atoms with Crippen molar-refractivity contribution >= 4 is 34.6 Å². The number of unbranched alkanes of at least 4 members (excludes halogenated alkanes) is 1. The summed E-state index contributed by atoms with van der Waals surface area (Å²) >= 11 is 0. The Hall–Kier alpha value is -4.46. The Kier molecular flexibility index (Phi) is 11.8. The minimum absolute atomic E-state index is 0.00277. The Labute approximate surface area is 242 Å². The van der Waals surface area contributed by atoms with Gasteiger partial charge in [0.1, 0.15) is 23.9 Å². The number of nitrogens with one attached hydrogen (secondary N) is 4. The fraction of sp³-hybridized carbons (Fsp3) is 0.379. The van der Waals surface area contributed by atoms with Crippen molar-refractivity contribution < 1.29 is 34.5 Å². The van der Waals surface area contributed by atoms with Gasteiger partial charge in [0.05, 0.1) is 12.6 Å². The first kappa shape index (κ1) is 32.1. The molecular formula is C29H38N6O7. The highest BCUT2D eigenvalue weighted by Crippen LogP contribution is 2.19. The predicted octanol–water partition coefficient (Wildman–Crippen LogP) is -0.354. The zero-order valence-electron chi connectivity index (χ0n) is 23.1. The number of aromatic nitrogens is 1. The lowest BCUT2D eigenvalue weighted by atomic mass is 10.0. The fourth-order valence-electron chi connectivity index (χ4n) is 4.48. The number of fused-ring (bicyclic) bond motifs is 1. The molecule has 3 aromatic rings. The van der Waals surface area contributed by atoms with Gasteiger partial charge in [0.25, 0.3) is 0 Å². The molecule has 3 rings (SSSR count). The molecule has 13 nitrogen and oxygen atoms in total. The van der Waals surface area contributed by atoms with E-state index in [1.54, 1.807) is 18.3 Å². The quantitative estimate of drug-likeness (QED) is 0.100. The van der Waals surface area contributed by atoms with Crippen molar-refractivity contribution in [3.8, 4) is 5.75 Å². The van der Waals surface area contributed by atoms with Crippen LogP contribution in [0.2, 0.25) is 0 Å². The van der Waals surface area contributed by atoms with Gasteiger partial charge in [-0.25, -0.2) is 4.79 Å². The number of phenols is 1. The van der Waals surface area contributed by atoms with Crippen LogP contribution in [-0.4, -0.2) is 81.3 Å². The van der Waals surface area contributed by atoms with E-state index in [0.29, 0.717) is 30.5 Å². The summed E-state index contributed by atoms with van der Waals surface area (Å²) in [7, 11) is 0. The molecule has 42 heavy (non-hydrogen) atoms. The zero-order chi connectivity index (χ0) is 30.6. The van der Waals surface area contributed by atoms with Crippen LogP contribution in [-0.2, 0) is 32.0 Å². The zero-order valence-corrected chi connectivity index (χ0v) is 23.1. The summed E-state index contributed by atoms with van der Waals surface area (Å²) in [6.07, 6.45) is 2.98. The Bertz CT molecular complexity index is 1360. The number of carbonyl (C=O) groups excluding carboxylic acids is 3. The van der Waals surface area contributed by atoms with Crippen molar-refractivity contribution in [2.24, 2.45) is 11.5 Å². The summed E-state index contributed by atoms with van der Waals surface area (Å²) in [5.41, 5.74) is 13.8. The van der Waals surface area contributed by atoms with Gasteiger partial charge in [-0.15, -0.1) is 0 Å². The first-order valence-electron chi connectivity index (χ1n) is 13.7. The fourth-order valence-corrected chi connectivity index (χ4v) is 4.48. The molecule has 1 heterocycles. The molecular weight excluding hydrogens is 544 g/mol. The van der Waals surface area contributed by atoms with Crippen molar-refractivity contribution in [2.45, 2.75) is 56.3 Å². The topological polar surface area (TPSA) is 233 Å². The number of hydrogen-bond acceptors (Lipinski definition) is 8. The molecule has 226 valence electrons. The summed E-state index contributed by atoms with van der Waals surface area (Å²) in [4.78, 5) is 54.0. The molecule has 0 saturated heterocycles. The summed E-state index contributed by atoms with van der Waals surface area (Å²) in [5, 5.41) is 37.3. The number of nitrogens with two attached hydrogens (primary N) is 2. The first-order chi connectivity index (χ1) is 20.1. The second-order valence-electron chi connectivity index (χ2n) is 10.0. The number of H-pyrrole nitrogens is 1. The number of carboxylic acids is 1. The lowest BCUT2D eigenvalue weighted by molar-refractivity contribution is -0.142. The van der Waals surface area contributed by atoms with Crippen molar-refractivity contribution in [3.05, 3.63) is 65.9 Å². The Morgan fingerprint density at radius 1 is 0.833 bits per heavy atom. The summed E-state index contributed by atoms with van der Waals surface area (Å²) in [5.74, 6) is -3.44. The molecule has 3 amide bonds. The number of rotatable bonds is 16. The number of phenolic OH excluding ortho intramolecular Hbond substituents is 1. The standard InChI is InChI=1S/C29H38N6O7/c30-12-4-3-7-23(27(39)34-24(29(41)42)14-18-15-32-22-6-2-1-5-20(18)22)33-28(40)25(16-36)35-26(38)21(31)13-17-8-10-19(37)11-9-17/h1-2,5-6,8-11,15,21,23-25,32,36-37H,3-4,7,12-14,16,30-31H2,(H,33,40)(H,34,39)(H,35,38)(H,41,42). The van der Waals surface area contributed by atoms with Crippen LogP contribution in [0.15, 0.2) is 54.7 Å². The number of hydrogen-bond donors (Lipinski definition) is 9. The molecule has 0 saturated carbocycles. The van der Waals surface area contributed by atoms with Crippen molar-refractivity contribution in [1.82, 2.24) is 20.9 Å². The van der Waals surface area contributed by atoms with Gasteiger partial charge in [-0.05, 0) is 61.6 Å². The van der Waals surface area contributed by atoms with Gasteiger partial charge in [-0.1, -0.05) is 30.3 Å². The lowest BCUT2D eigenvalue weighted by Crippen LogP contribution is -2.58. The third-order valence-electron chi connectivity index (χ3n) is 6.84. The molecule has 1 aromatic heterocycles. The van der Waals surface area contributed by atoms with E-state index in [-0.39, 0.29) is 25.0 Å². The molecule has 0 bridgehead atoms. The van der Waals surface area contributed by atoms with Gasteiger partial charge in [0, 0.05) is 23.5 Å². The monoisotopic (exact) mass is 582 g/mol.